The van der Waals surface area contributed by atoms with Gasteiger partial charge in [0.25, 0.3) is 10.0 Å². The van der Waals surface area contributed by atoms with Gasteiger partial charge in [0.2, 0.25) is 0 Å². The molecule has 0 aliphatic carbocycles. The smallest absolute Gasteiger partial charge is 0.264 e. The van der Waals surface area contributed by atoms with Crippen molar-refractivity contribution in [1.82, 2.24) is 4.90 Å². The first-order chi connectivity index (χ1) is 12.3. The molecular formula is C19H20F2N2O2S. The van der Waals surface area contributed by atoms with Crippen LogP contribution in [0.2, 0.25) is 0 Å². The minimum atomic E-state index is -4.06. The Hall–Kier alpha value is -1.99. The van der Waals surface area contributed by atoms with Crippen LogP contribution in [-0.4, -0.2) is 39.5 Å². The third-order valence-corrected chi connectivity index (χ3v) is 7.11. The van der Waals surface area contributed by atoms with E-state index in [4.69, 9.17) is 0 Å². The molecule has 4 nitrogen and oxygen atoms in total. The molecule has 0 amide bonds. The second-order valence-corrected chi connectivity index (χ2v) is 9.01. The Kier molecular flexibility index (Phi) is 4.04. The molecule has 138 valence electrons. The number of likely N-dealkylation sites (N-methyl/N-ethyl adjacent to an activating group) is 1. The van der Waals surface area contributed by atoms with Crippen LogP contribution in [0.5, 0.6) is 0 Å². The highest BCUT2D eigenvalue weighted by Crippen LogP contribution is 2.47. The molecular weight excluding hydrogens is 358 g/mol. The highest BCUT2D eigenvalue weighted by Gasteiger charge is 2.46. The lowest BCUT2D eigenvalue weighted by molar-refractivity contribution is 0.237. The van der Waals surface area contributed by atoms with Crippen LogP contribution in [0.4, 0.5) is 14.5 Å². The van der Waals surface area contributed by atoms with E-state index in [2.05, 4.69) is 4.90 Å². The van der Waals surface area contributed by atoms with E-state index in [1.54, 1.807) is 6.07 Å². The third-order valence-electron chi connectivity index (χ3n) is 5.29. The number of nitrogens with zero attached hydrogens (tertiary/aromatic N) is 2. The van der Waals surface area contributed by atoms with E-state index < -0.39 is 21.7 Å². The zero-order chi connectivity index (χ0) is 18.6. The quantitative estimate of drug-likeness (QED) is 0.805. The average molecular weight is 378 g/mol. The molecule has 4 rings (SSSR count). The van der Waals surface area contributed by atoms with Gasteiger partial charge in [-0.2, -0.15) is 0 Å². The van der Waals surface area contributed by atoms with Gasteiger partial charge in [-0.25, -0.2) is 17.2 Å². The summed E-state index contributed by atoms with van der Waals surface area (Å²) in [4.78, 5) is 1.84. The number of likely N-dealkylation sites (tertiary alicyclic amines) is 1. The van der Waals surface area contributed by atoms with Crippen LogP contribution in [0.3, 0.4) is 0 Å². The molecule has 0 spiro atoms. The number of anilines is 1. The number of sulfonamides is 1. The van der Waals surface area contributed by atoms with Gasteiger partial charge in [-0.05, 0) is 50.7 Å². The summed E-state index contributed by atoms with van der Waals surface area (Å²) >= 11 is 0. The topological polar surface area (TPSA) is 40.6 Å². The van der Waals surface area contributed by atoms with Crippen molar-refractivity contribution in [1.29, 1.82) is 0 Å². The molecule has 2 aliphatic rings. The monoisotopic (exact) mass is 378 g/mol. The van der Waals surface area contributed by atoms with Crippen LogP contribution >= 0.6 is 0 Å². The molecule has 2 heterocycles. The highest BCUT2D eigenvalue weighted by molar-refractivity contribution is 7.92. The maximum Gasteiger partial charge on any atom is 0.264 e. The number of hydrogen-bond donors (Lipinski definition) is 0. The Morgan fingerprint density at radius 1 is 1.08 bits per heavy atom. The minimum Gasteiger partial charge on any atom is -0.306 e. The number of fused-ring (bicyclic) bond motifs is 3. The predicted molar refractivity (Wildman–Crippen MR) is 95.8 cm³/mol. The van der Waals surface area contributed by atoms with Crippen molar-refractivity contribution in [2.24, 2.45) is 0 Å². The first-order valence-corrected chi connectivity index (χ1v) is 10.0. The molecule has 2 aromatic carbocycles. The molecule has 0 saturated carbocycles. The van der Waals surface area contributed by atoms with Gasteiger partial charge in [0.1, 0.15) is 11.6 Å². The van der Waals surface area contributed by atoms with Crippen molar-refractivity contribution in [3.05, 3.63) is 59.2 Å². The number of halogens is 2. The number of piperidine rings is 1. The summed E-state index contributed by atoms with van der Waals surface area (Å²) in [6.07, 6.45) is 0.673. The van der Waals surface area contributed by atoms with E-state index in [1.165, 1.54) is 4.31 Å². The summed E-state index contributed by atoms with van der Waals surface area (Å²) in [6, 6.07) is 7.90. The maximum atomic E-state index is 13.6. The predicted octanol–water partition coefficient (Wildman–Crippen LogP) is 3.27. The van der Waals surface area contributed by atoms with Gasteiger partial charge in [-0.1, -0.05) is 17.7 Å². The fourth-order valence-corrected chi connectivity index (χ4v) is 5.92. The van der Waals surface area contributed by atoms with E-state index in [1.807, 2.05) is 26.1 Å². The Morgan fingerprint density at radius 2 is 1.77 bits per heavy atom. The molecule has 0 bridgehead atoms. The maximum absolute atomic E-state index is 13.6. The van der Waals surface area contributed by atoms with E-state index in [-0.39, 0.29) is 16.9 Å². The number of benzene rings is 2. The van der Waals surface area contributed by atoms with Gasteiger partial charge in [-0.15, -0.1) is 0 Å². The van der Waals surface area contributed by atoms with Crippen LogP contribution in [0, 0.1) is 18.6 Å². The molecule has 2 aliphatic heterocycles. The summed E-state index contributed by atoms with van der Waals surface area (Å²) in [7, 11) is -2.04. The fraction of sp³-hybridized carbons (Fsp3) is 0.368. The summed E-state index contributed by atoms with van der Waals surface area (Å²) < 4.78 is 55.3. The average Bonchev–Trinajstić information content (AvgIpc) is 2.87. The van der Waals surface area contributed by atoms with Crippen LogP contribution in [-0.2, 0) is 10.0 Å². The SMILES string of the molecule is Cc1ccc2c(c1)[C@@H]1CN(C)CC[C@@H]1N2S(=O)(=O)c1cc(F)cc(F)c1. The molecule has 0 unspecified atom stereocenters. The van der Waals surface area contributed by atoms with Crippen molar-refractivity contribution in [3.63, 3.8) is 0 Å². The van der Waals surface area contributed by atoms with E-state index in [0.29, 0.717) is 18.2 Å². The lowest BCUT2D eigenvalue weighted by Gasteiger charge is -2.36. The van der Waals surface area contributed by atoms with Crippen LogP contribution in [0.25, 0.3) is 0 Å². The van der Waals surface area contributed by atoms with E-state index >= 15 is 0 Å². The van der Waals surface area contributed by atoms with Gasteiger partial charge >= 0.3 is 0 Å². The molecule has 1 fully saturated rings. The molecule has 26 heavy (non-hydrogen) atoms. The summed E-state index contributed by atoms with van der Waals surface area (Å²) in [5.74, 6) is -1.74. The van der Waals surface area contributed by atoms with Gasteiger partial charge in [0.15, 0.2) is 0 Å². The Labute approximate surface area is 152 Å². The fourth-order valence-electron chi connectivity index (χ4n) is 4.14. The Balaban J connectivity index is 1.87. The van der Waals surface area contributed by atoms with Crippen molar-refractivity contribution in [3.8, 4) is 0 Å². The molecule has 0 N–H and O–H groups in total. The van der Waals surface area contributed by atoms with Crippen molar-refractivity contribution >= 4 is 15.7 Å². The molecule has 0 aromatic heterocycles. The molecule has 1 saturated heterocycles. The normalized spacial score (nSPS) is 23.0. The summed E-state index contributed by atoms with van der Waals surface area (Å²) in [5, 5.41) is 0. The highest BCUT2D eigenvalue weighted by atomic mass is 32.2. The Morgan fingerprint density at radius 3 is 2.46 bits per heavy atom. The van der Waals surface area contributed by atoms with Crippen molar-refractivity contribution in [2.45, 2.75) is 30.2 Å². The summed E-state index contributed by atoms with van der Waals surface area (Å²) in [5.41, 5.74) is 2.67. The number of rotatable bonds is 2. The first kappa shape index (κ1) is 17.4. The van der Waals surface area contributed by atoms with Gasteiger partial charge in [-0.3, -0.25) is 4.31 Å². The third kappa shape index (κ3) is 2.70. The lowest BCUT2D eigenvalue weighted by Crippen LogP contribution is -2.47. The van der Waals surface area contributed by atoms with Gasteiger partial charge in [0, 0.05) is 18.5 Å². The molecule has 2 atom stereocenters. The first-order valence-electron chi connectivity index (χ1n) is 8.57. The van der Waals surface area contributed by atoms with Gasteiger partial charge < -0.3 is 4.90 Å². The van der Waals surface area contributed by atoms with Crippen LogP contribution < -0.4 is 4.31 Å². The molecule has 2 aromatic rings. The van der Waals surface area contributed by atoms with Crippen LogP contribution in [0.1, 0.15) is 23.5 Å². The largest absolute Gasteiger partial charge is 0.306 e. The van der Waals surface area contributed by atoms with Gasteiger partial charge in [0.05, 0.1) is 16.6 Å². The van der Waals surface area contributed by atoms with E-state index in [9.17, 15) is 17.2 Å². The second kappa shape index (κ2) is 6.03. The van der Waals surface area contributed by atoms with Crippen molar-refractivity contribution in [2.75, 3.05) is 24.4 Å². The number of aryl methyl sites for hydroxylation is 1. The zero-order valence-electron chi connectivity index (χ0n) is 14.6. The Bertz CT molecular complexity index is 957. The minimum absolute atomic E-state index is 0.0526. The number of hydrogen-bond acceptors (Lipinski definition) is 3. The second-order valence-electron chi connectivity index (χ2n) is 7.19. The molecule has 7 heteroatoms. The van der Waals surface area contributed by atoms with Crippen LogP contribution in [0.15, 0.2) is 41.3 Å². The molecule has 0 radical (unpaired) electrons. The zero-order valence-corrected chi connectivity index (χ0v) is 15.4. The lowest BCUT2D eigenvalue weighted by atomic mass is 9.89. The van der Waals surface area contributed by atoms with Crippen molar-refractivity contribution < 1.29 is 17.2 Å². The van der Waals surface area contributed by atoms with E-state index in [0.717, 1.165) is 36.3 Å². The summed E-state index contributed by atoms with van der Waals surface area (Å²) in [6.45, 7) is 3.50. The standard InChI is InChI=1S/C19H20F2N2O2S/c1-12-3-4-18-16(7-12)17-11-22(2)6-5-19(17)23(18)26(24,25)15-9-13(20)8-14(21)10-15/h3-4,7-10,17,19H,5-6,11H2,1-2H3/t17-,19-/m0/s1.